The molecular formula is C15H20ClF3. The summed E-state index contributed by atoms with van der Waals surface area (Å²) in [6.07, 6.45) is -0.405. The number of hydrogen-bond donors (Lipinski definition) is 0. The quantitative estimate of drug-likeness (QED) is 0.467. The fourth-order valence-corrected chi connectivity index (χ4v) is 2.34. The van der Waals surface area contributed by atoms with Gasteiger partial charge in [-0.15, -0.1) is 11.6 Å². The van der Waals surface area contributed by atoms with Crippen LogP contribution in [0.4, 0.5) is 13.2 Å². The van der Waals surface area contributed by atoms with Gasteiger partial charge in [0.1, 0.15) is 0 Å². The fourth-order valence-electron chi connectivity index (χ4n) is 2.15. The first-order valence-corrected chi connectivity index (χ1v) is 7.00. The second-order valence-corrected chi connectivity index (χ2v) is 6.06. The molecule has 0 amide bonds. The van der Waals surface area contributed by atoms with Gasteiger partial charge in [0.15, 0.2) is 0 Å². The molecule has 0 nitrogen and oxygen atoms in total. The van der Waals surface area contributed by atoms with Gasteiger partial charge < -0.3 is 0 Å². The predicted molar refractivity (Wildman–Crippen MR) is 73.5 cm³/mol. The number of halogens is 4. The molecule has 0 saturated heterocycles. The molecule has 0 heterocycles. The molecule has 1 aromatic carbocycles. The van der Waals surface area contributed by atoms with Gasteiger partial charge >= 0.3 is 6.18 Å². The second-order valence-electron chi connectivity index (χ2n) is 5.68. The van der Waals surface area contributed by atoms with Gasteiger partial charge in [-0.05, 0) is 42.4 Å². The van der Waals surface area contributed by atoms with E-state index in [-0.39, 0.29) is 5.41 Å². The van der Waals surface area contributed by atoms with Gasteiger partial charge in [0.2, 0.25) is 0 Å². The summed E-state index contributed by atoms with van der Waals surface area (Å²) in [7, 11) is 0. The number of unbranched alkanes of at least 4 members (excludes halogenated alkanes) is 1. The third-order valence-electron chi connectivity index (χ3n) is 3.20. The van der Waals surface area contributed by atoms with Crippen molar-refractivity contribution in [3.63, 3.8) is 0 Å². The highest BCUT2D eigenvalue weighted by Crippen LogP contribution is 2.31. The van der Waals surface area contributed by atoms with Gasteiger partial charge in [0.05, 0.1) is 5.56 Å². The highest BCUT2D eigenvalue weighted by Gasteiger charge is 2.30. The van der Waals surface area contributed by atoms with Crippen LogP contribution >= 0.6 is 11.6 Å². The van der Waals surface area contributed by atoms with Crippen LogP contribution in [0.3, 0.4) is 0 Å². The molecule has 0 N–H and O–H groups in total. The van der Waals surface area contributed by atoms with Crippen LogP contribution in [0.5, 0.6) is 0 Å². The van der Waals surface area contributed by atoms with Crippen molar-refractivity contribution in [3.8, 4) is 0 Å². The largest absolute Gasteiger partial charge is 0.416 e. The fraction of sp³-hybridized carbons (Fsp3) is 0.600. The summed E-state index contributed by atoms with van der Waals surface area (Å²) in [5.74, 6) is 0.663. The van der Waals surface area contributed by atoms with Crippen LogP contribution in [0.1, 0.15) is 44.2 Å². The van der Waals surface area contributed by atoms with Crippen LogP contribution in [0.25, 0.3) is 0 Å². The minimum Gasteiger partial charge on any atom is -0.166 e. The van der Waals surface area contributed by atoms with Crippen molar-refractivity contribution in [2.75, 3.05) is 5.88 Å². The Morgan fingerprint density at radius 1 is 1.00 bits per heavy atom. The number of hydrogen-bond acceptors (Lipinski definition) is 0. The first kappa shape index (κ1) is 16.4. The van der Waals surface area contributed by atoms with E-state index in [0.29, 0.717) is 5.88 Å². The maximum absolute atomic E-state index is 12.5. The summed E-state index contributed by atoms with van der Waals surface area (Å²) in [4.78, 5) is 0. The van der Waals surface area contributed by atoms with Crippen molar-refractivity contribution < 1.29 is 13.2 Å². The Balaban J connectivity index is 2.62. The summed E-state index contributed by atoms with van der Waals surface area (Å²) < 4.78 is 37.4. The lowest BCUT2D eigenvalue weighted by Gasteiger charge is -2.24. The molecule has 0 radical (unpaired) electrons. The van der Waals surface area contributed by atoms with Crippen LogP contribution in [0, 0.1) is 5.41 Å². The molecule has 0 aromatic heterocycles. The average Bonchev–Trinajstić information content (AvgIpc) is 2.28. The zero-order chi connectivity index (χ0) is 14.5. The molecule has 0 aliphatic carbocycles. The van der Waals surface area contributed by atoms with E-state index >= 15 is 0 Å². The third kappa shape index (κ3) is 5.85. The molecule has 0 atom stereocenters. The molecule has 108 valence electrons. The van der Waals surface area contributed by atoms with Gasteiger partial charge in [-0.3, -0.25) is 0 Å². The first-order valence-electron chi connectivity index (χ1n) is 6.47. The minimum atomic E-state index is -4.26. The first-order chi connectivity index (χ1) is 8.74. The van der Waals surface area contributed by atoms with Crippen LogP contribution in [-0.4, -0.2) is 5.88 Å². The molecule has 0 saturated carbocycles. The minimum absolute atomic E-state index is 0.0891. The van der Waals surface area contributed by atoms with Crippen molar-refractivity contribution in [1.82, 2.24) is 0 Å². The molecule has 0 fully saturated rings. The SMILES string of the molecule is CC(C)(CCCCCl)Cc1ccc(C(F)(F)F)cc1. The monoisotopic (exact) mass is 292 g/mol. The molecule has 1 rings (SSSR count). The molecule has 19 heavy (non-hydrogen) atoms. The zero-order valence-corrected chi connectivity index (χ0v) is 12.1. The topological polar surface area (TPSA) is 0 Å². The normalized spacial score (nSPS) is 12.7. The molecular weight excluding hydrogens is 273 g/mol. The van der Waals surface area contributed by atoms with E-state index in [1.807, 2.05) is 0 Å². The average molecular weight is 293 g/mol. The maximum Gasteiger partial charge on any atom is 0.416 e. The smallest absolute Gasteiger partial charge is 0.166 e. The van der Waals surface area contributed by atoms with Gasteiger partial charge in [0, 0.05) is 5.88 Å². The van der Waals surface area contributed by atoms with E-state index < -0.39 is 11.7 Å². The molecule has 0 bridgehead atoms. The highest BCUT2D eigenvalue weighted by atomic mass is 35.5. The Bertz CT molecular complexity index is 379. The van der Waals surface area contributed by atoms with Gasteiger partial charge in [-0.25, -0.2) is 0 Å². The van der Waals surface area contributed by atoms with E-state index in [9.17, 15) is 13.2 Å². The van der Waals surface area contributed by atoms with Gasteiger partial charge in [-0.1, -0.05) is 32.4 Å². The lowest BCUT2D eigenvalue weighted by molar-refractivity contribution is -0.137. The Hall–Kier alpha value is -0.700. The van der Waals surface area contributed by atoms with Crippen molar-refractivity contribution in [3.05, 3.63) is 35.4 Å². The van der Waals surface area contributed by atoms with E-state index in [1.165, 1.54) is 0 Å². The zero-order valence-electron chi connectivity index (χ0n) is 11.4. The van der Waals surface area contributed by atoms with E-state index in [1.54, 1.807) is 12.1 Å². The number of rotatable bonds is 6. The Morgan fingerprint density at radius 2 is 1.58 bits per heavy atom. The summed E-state index contributed by atoms with van der Waals surface area (Å²) in [6.45, 7) is 4.28. The third-order valence-corrected chi connectivity index (χ3v) is 3.47. The van der Waals surface area contributed by atoms with Crippen molar-refractivity contribution >= 4 is 11.6 Å². The summed E-state index contributed by atoms with van der Waals surface area (Å²) >= 11 is 5.64. The Kier molecular flexibility index (Phi) is 5.72. The highest BCUT2D eigenvalue weighted by molar-refractivity contribution is 6.17. The summed E-state index contributed by atoms with van der Waals surface area (Å²) in [5, 5.41) is 0. The van der Waals surface area contributed by atoms with Crippen LogP contribution in [0.15, 0.2) is 24.3 Å². The molecule has 1 aromatic rings. The Morgan fingerprint density at radius 3 is 2.05 bits per heavy atom. The number of alkyl halides is 4. The van der Waals surface area contributed by atoms with Gasteiger partial charge in [0.25, 0.3) is 0 Å². The van der Waals surface area contributed by atoms with Crippen LogP contribution < -0.4 is 0 Å². The lowest BCUT2D eigenvalue weighted by Crippen LogP contribution is -2.15. The standard InChI is InChI=1S/C15H20ClF3/c1-14(2,9-3-4-10-16)11-12-5-7-13(8-6-12)15(17,18)19/h5-8H,3-4,9-11H2,1-2H3. The second kappa shape index (κ2) is 6.65. The molecule has 0 spiro atoms. The maximum atomic E-state index is 12.5. The molecule has 4 heteroatoms. The Labute approximate surface area is 118 Å². The summed E-state index contributed by atoms with van der Waals surface area (Å²) in [5.41, 5.74) is 0.450. The molecule has 0 aliphatic rings. The van der Waals surface area contributed by atoms with Crippen molar-refractivity contribution in [2.45, 2.75) is 45.7 Å². The lowest BCUT2D eigenvalue weighted by atomic mass is 9.81. The van der Waals surface area contributed by atoms with Crippen molar-refractivity contribution in [2.24, 2.45) is 5.41 Å². The molecule has 0 unspecified atom stereocenters. The van der Waals surface area contributed by atoms with Crippen molar-refractivity contribution in [1.29, 1.82) is 0 Å². The summed E-state index contributed by atoms with van der Waals surface area (Å²) in [6, 6.07) is 5.46. The van der Waals surface area contributed by atoms with Crippen LogP contribution in [0.2, 0.25) is 0 Å². The van der Waals surface area contributed by atoms with E-state index in [4.69, 9.17) is 11.6 Å². The predicted octanol–water partition coefficient (Wildman–Crippen LogP) is 5.68. The number of benzene rings is 1. The van der Waals surface area contributed by atoms with Crippen LogP contribution in [-0.2, 0) is 12.6 Å². The van der Waals surface area contributed by atoms with E-state index in [0.717, 1.165) is 43.4 Å². The molecule has 0 aliphatic heterocycles. The van der Waals surface area contributed by atoms with Gasteiger partial charge in [-0.2, -0.15) is 13.2 Å². The van der Waals surface area contributed by atoms with E-state index in [2.05, 4.69) is 13.8 Å².